The minimum absolute atomic E-state index is 0.147. The molecule has 20 heteroatoms. The number of rotatable bonds is 4. The summed E-state index contributed by atoms with van der Waals surface area (Å²) in [5.41, 5.74) is 28.9. The maximum atomic E-state index is 13.1. The van der Waals surface area contributed by atoms with Crippen LogP contribution in [0, 0.1) is 134 Å². The number of fused-ring (bicyclic) bond motifs is 8. The van der Waals surface area contributed by atoms with Crippen molar-refractivity contribution in [1.82, 2.24) is 43.6 Å². The number of nitrogens with zero attached hydrogens (tertiary/aromatic N) is 9. The maximum Gasteiger partial charge on any atom is 0.192 e. The highest BCUT2D eigenvalue weighted by Gasteiger charge is 2.10. The molecule has 586 valence electrons. The Labute approximate surface area is 680 Å². The van der Waals surface area contributed by atoms with E-state index in [1.807, 2.05) is 206 Å². The fourth-order valence-electron chi connectivity index (χ4n) is 12.0. The number of para-hydroxylation sites is 1. The minimum Gasteiger partial charge on any atom is -0.441 e. The van der Waals surface area contributed by atoms with E-state index in [-0.39, 0.29) is 5.82 Å². The quantitative estimate of drug-likeness (QED) is 0.121. The third-order valence-electron chi connectivity index (χ3n) is 18.3. The molecule has 0 spiro atoms. The standard InChI is InChI=1S/C10H12N2.2C10H14N2.C10H9N.C9H8FNS.3C9H9NO.2C9H9NS/c1-7-4-5-9-10(6-7)12(3)8(2)11-9;1-7-4-5-10(12-3)9(6-7)8(2)11;1-7-4-5-9(8(2)11)10(6-7)12-3;1-8-6-7-9-4-2-3-5-10(9)11-8;1-5-3-9-7(4-8(5)10)6(2)11-12-9;1-6-3-4-9-8(5-6)7(2)10-11-9;1-6-3-4-8-9(5-6)11-7(2)10-8;1-6-3-4-8-7(2)10-11-9(8)5-6;1-6-3-4-9-8(5-6)7(2)10-11-9;1-6-3-4-8-9(5-6)11-7(2)10-8/h4-6H,1-3H3;2*4-6,11-12H,1-3H3;2-7H,1H3;3-4H,1-2H3;5*3-5H,1-2H3. The Bertz CT molecular complexity index is 6150. The van der Waals surface area contributed by atoms with E-state index in [1.54, 1.807) is 49.7 Å². The molecule has 8 aromatic heterocycles. The Morgan fingerprint density at radius 2 is 0.939 bits per heavy atom. The predicted octanol–water partition coefficient (Wildman–Crippen LogP) is 25.8. The summed E-state index contributed by atoms with van der Waals surface area (Å²) in [6, 6.07) is 65.1. The van der Waals surface area contributed by atoms with E-state index in [9.17, 15) is 4.39 Å². The van der Waals surface area contributed by atoms with Crippen molar-refractivity contribution in [3.8, 4) is 0 Å². The zero-order valence-corrected chi connectivity index (χ0v) is 71.8. The molecule has 18 aromatic rings. The molecule has 0 aliphatic rings. The van der Waals surface area contributed by atoms with Crippen LogP contribution in [0.15, 0.2) is 208 Å². The molecule has 16 nitrogen and oxygen atoms in total. The molecule has 10 aromatic carbocycles. The molecular weight excluding hydrogens is 1470 g/mol. The highest BCUT2D eigenvalue weighted by atomic mass is 32.1. The molecule has 0 bridgehead atoms. The summed E-state index contributed by atoms with van der Waals surface area (Å²) in [5.74, 6) is 1.65. The lowest BCUT2D eigenvalue weighted by atomic mass is 10.1. The lowest BCUT2D eigenvalue weighted by molar-refractivity contribution is 0.450. The van der Waals surface area contributed by atoms with Gasteiger partial charge in [-0.05, 0) is 296 Å². The topological polar surface area (TPSA) is 219 Å². The molecule has 0 saturated carbocycles. The van der Waals surface area contributed by atoms with E-state index < -0.39 is 0 Å². The second-order valence-corrected chi connectivity index (χ2v) is 31.1. The van der Waals surface area contributed by atoms with Crippen LogP contribution in [0.4, 0.5) is 15.8 Å². The summed E-state index contributed by atoms with van der Waals surface area (Å²) in [6.45, 7) is 37.7. The van der Waals surface area contributed by atoms with Crippen molar-refractivity contribution < 1.29 is 17.9 Å². The van der Waals surface area contributed by atoms with Crippen molar-refractivity contribution in [1.29, 1.82) is 10.8 Å². The number of halogens is 1. The molecule has 0 amide bonds. The van der Waals surface area contributed by atoms with Crippen LogP contribution < -0.4 is 10.6 Å². The van der Waals surface area contributed by atoms with Crippen LogP contribution >= 0.6 is 34.4 Å². The van der Waals surface area contributed by atoms with Crippen LogP contribution in [-0.2, 0) is 7.05 Å². The monoisotopic (exact) mass is 1580 g/mol. The number of oxazole rings is 1. The summed E-state index contributed by atoms with van der Waals surface area (Å²) in [7, 11) is 5.79. The van der Waals surface area contributed by atoms with Crippen molar-refractivity contribution in [3.05, 3.63) is 306 Å². The summed E-state index contributed by atoms with van der Waals surface area (Å²) < 4.78 is 42.7. The second-order valence-electron chi connectivity index (χ2n) is 28.3. The molecule has 8 heterocycles. The van der Waals surface area contributed by atoms with Crippen LogP contribution in [0.5, 0.6) is 0 Å². The number of nitrogens with one attached hydrogen (secondary N) is 4. The Morgan fingerprint density at radius 3 is 1.62 bits per heavy atom. The van der Waals surface area contributed by atoms with Crippen molar-refractivity contribution in [2.75, 3.05) is 24.7 Å². The molecule has 0 fully saturated rings. The number of hydrogen-bond acceptors (Lipinski definition) is 18. The van der Waals surface area contributed by atoms with Gasteiger partial charge in [0, 0.05) is 94.6 Å². The largest absolute Gasteiger partial charge is 0.441 e. The predicted molar refractivity (Wildman–Crippen MR) is 481 cm³/mol. The van der Waals surface area contributed by atoms with Gasteiger partial charge < -0.3 is 39.5 Å². The van der Waals surface area contributed by atoms with Crippen LogP contribution in [0.3, 0.4) is 0 Å². The highest BCUT2D eigenvalue weighted by molar-refractivity contribution is 7.18. The normalized spacial score (nSPS) is 10.5. The Hall–Kier alpha value is -12.0. The van der Waals surface area contributed by atoms with Gasteiger partial charge in [0.15, 0.2) is 22.6 Å². The van der Waals surface area contributed by atoms with Crippen LogP contribution in [0.1, 0.15) is 120 Å². The Kier molecular flexibility index (Phi) is 30.2. The lowest BCUT2D eigenvalue weighted by Gasteiger charge is -2.08. The van der Waals surface area contributed by atoms with E-state index in [2.05, 4.69) is 168 Å². The fourth-order valence-corrected chi connectivity index (χ4v) is 14.5. The van der Waals surface area contributed by atoms with Gasteiger partial charge in [-0.15, -0.1) is 11.3 Å². The number of benzene rings is 10. The van der Waals surface area contributed by atoms with Gasteiger partial charge in [-0.3, -0.25) is 4.98 Å². The smallest absolute Gasteiger partial charge is 0.192 e. The molecule has 0 atom stereocenters. The van der Waals surface area contributed by atoms with Gasteiger partial charge in [-0.2, -0.15) is 8.75 Å². The van der Waals surface area contributed by atoms with E-state index in [0.717, 1.165) is 127 Å². The molecular formula is C94H102FN13O3S3. The number of aromatic nitrogens is 9. The Balaban J connectivity index is 0.000000145. The molecule has 0 aliphatic carbocycles. The molecule has 18 rings (SSSR count). The van der Waals surface area contributed by atoms with Crippen LogP contribution in [0.25, 0.3) is 85.4 Å². The summed E-state index contributed by atoms with van der Waals surface area (Å²) in [4.78, 5) is 17.4. The highest BCUT2D eigenvalue weighted by Crippen LogP contribution is 2.28. The molecule has 114 heavy (non-hydrogen) atoms. The molecule has 0 aliphatic heterocycles. The average molecular weight is 1580 g/mol. The van der Waals surface area contributed by atoms with Crippen LogP contribution in [0.2, 0.25) is 0 Å². The lowest BCUT2D eigenvalue weighted by Crippen LogP contribution is -2.00. The first-order chi connectivity index (χ1) is 54.3. The Morgan fingerprint density at radius 1 is 0.404 bits per heavy atom. The van der Waals surface area contributed by atoms with Gasteiger partial charge in [0.2, 0.25) is 0 Å². The third kappa shape index (κ3) is 23.6. The zero-order chi connectivity index (χ0) is 82.6. The van der Waals surface area contributed by atoms with Gasteiger partial charge in [0.25, 0.3) is 0 Å². The number of hydrogen-bond donors (Lipinski definition) is 4. The zero-order valence-electron chi connectivity index (χ0n) is 69.3. The first-order valence-electron chi connectivity index (χ1n) is 37.4. The van der Waals surface area contributed by atoms with Crippen molar-refractivity contribution in [2.45, 2.75) is 132 Å². The van der Waals surface area contributed by atoms with Gasteiger partial charge in [0.1, 0.15) is 17.2 Å². The SMILES string of the molecule is CNc1cc(C)ccc1C(C)=N.CNc1ccc(C)cc1C(C)=N.Cc1cc2snc(C)c2cc1F.Cc1ccc2c(C)noc2c1.Cc1ccc2ccccc2n1.Cc1ccc2nc(C)n(C)c2c1.Cc1ccc2nc(C)oc2c1.Cc1ccc2nc(C)sc2c1.Cc1ccc2onc(C)c2c1.Cc1ccc2snc(C)c2c1. The third-order valence-corrected chi connectivity index (χ3v) is 21.1. The number of aryl methyl sites for hydroxylation is 18. The van der Waals surface area contributed by atoms with Crippen molar-refractivity contribution in [3.63, 3.8) is 0 Å². The van der Waals surface area contributed by atoms with Gasteiger partial charge in [0.05, 0.1) is 63.9 Å². The molecule has 4 N–H and O–H groups in total. The number of pyridine rings is 1. The van der Waals surface area contributed by atoms with Gasteiger partial charge in [-0.25, -0.2) is 19.3 Å². The number of imidazole rings is 1. The van der Waals surface area contributed by atoms with Crippen molar-refractivity contribution >= 4 is 143 Å². The van der Waals surface area contributed by atoms with E-state index >= 15 is 0 Å². The minimum atomic E-state index is -0.147. The summed E-state index contributed by atoms with van der Waals surface area (Å²) in [6.07, 6.45) is 0. The first-order valence-corrected chi connectivity index (χ1v) is 39.8. The number of anilines is 2. The molecule has 0 saturated heterocycles. The fraction of sp³-hybridized carbons (Fsp3) is 0.234. The average Bonchev–Trinajstić information content (AvgIpc) is 1.76. The van der Waals surface area contributed by atoms with E-state index in [4.69, 9.17) is 24.3 Å². The number of thiazole rings is 1. The van der Waals surface area contributed by atoms with E-state index in [0.29, 0.717) is 17.0 Å². The summed E-state index contributed by atoms with van der Waals surface area (Å²) >= 11 is 4.75. The maximum absolute atomic E-state index is 13.1. The van der Waals surface area contributed by atoms with Gasteiger partial charge in [-0.1, -0.05) is 106 Å². The molecule has 0 radical (unpaired) electrons. The van der Waals surface area contributed by atoms with Crippen LogP contribution in [-0.4, -0.2) is 69.1 Å². The van der Waals surface area contributed by atoms with E-state index in [1.165, 1.54) is 81.7 Å². The summed E-state index contributed by atoms with van der Waals surface area (Å²) in [5, 5.41) is 35.7. The molecule has 0 unspecified atom stereocenters. The van der Waals surface area contributed by atoms with Gasteiger partial charge >= 0.3 is 0 Å². The first kappa shape index (κ1) is 86.0. The second kappa shape index (κ2) is 40.0. The van der Waals surface area contributed by atoms with Crippen molar-refractivity contribution in [2.24, 2.45) is 7.05 Å².